The van der Waals surface area contributed by atoms with Crippen LogP contribution in [-0.4, -0.2) is 27.9 Å². The maximum absolute atomic E-state index is 5.97. The largest absolute Gasteiger partial charge is 0.373 e. The third-order valence-corrected chi connectivity index (χ3v) is 5.06. The van der Waals surface area contributed by atoms with Gasteiger partial charge in [0, 0.05) is 43.2 Å². The smallest absolute Gasteiger partial charge is 0.157 e. The van der Waals surface area contributed by atoms with Crippen molar-refractivity contribution in [1.29, 1.82) is 0 Å². The maximum atomic E-state index is 5.97. The Morgan fingerprint density at radius 2 is 2.08 bits per heavy atom. The zero-order chi connectivity index (χ0) is 17.9. The fourth-order valence-electron chi connectivity index (χ4n) is 3.72. The SMILES string of the molecule is CC(C)n1ncc2cc(CNC[C@H]3CCO[C@@H]3c3ccccc3)cnc21. The van der Waals surface area contributed by atoms with E-state index in [1.165, 1.54) is 11.1 Å². The predicted octanol–water partition coefficient (Wildman–Crippen LogP) is 3.88. The number of hydrogen-bond acceptors (Lipinski definition) is 4. The van der Waals surface area contributed by atoms with Gasteiger partial charge in [0.25, 0.3) is 0 Å². The van der Waals surface area contributed by atoms with Gasteiger partial charge in [0.1, 0.15) is 0 Å². The molecular weight excluding hydrogens is 324 g/mol. The quantitative estimate of drug-likeness (QED) is 0.733. The summed E-state index contributed by atoms with van der Waals surface area (Å²) in [6.07, 6.45) is 5.16. The first-order valence-electron chi connectivity index (χ1n) is 9.42. The molecule has 3 heterocycles. The van der Waals surface area contributed by atoms with Gasteiger partial charge in [-0.2, -0.15) is 5.10 Å². The lowest BCUT2D eigenvalue weighted by Gasteiger charge is -2.19. The fraction of sp³-hybridized carbons (Fsp3) is 0.429. The molecule has 26 heavy (non-hydrogen) atoms. The summed E-state index contributed by atoms with van der Waals surface area (Å²) in [5.74, 6) is 0.512. The molecule has 3 aromatic rings. The van der Waals surface area contributed by atoms with Crippen molar-refractivity contribution in [3.63, 3.8) is 0 Å². The summed E-state index contributed by atoms with van der Waals surface area (Å²) in [7, 11) is 0. The molecule has 0 spiro atoms. The minimum Gasteiger partial charge on any atom is -0.373 e. The van der Waals surface area contributed by atoms with Crippen LogP contribution in [0.5, 0.6) is 0 Å². The van der Waals surface area contributed by atoms with Crippen LogP contribution in [0.25, 0.3) is 11.0 Å². The summed E-state index contributed by atoms with van der Waals surface area (Å²) < 4.78 is 7.94. The Morgan fingerprint density at radius 3 is 2.88 bits per heavy atom. The number of benzene rings is 1. The third kappa shape index (κ3) is 3.50. The van der Waals surface area contributed by atoms with Crippen LogP contribution >= 0.6 is 0 Å². The highest BCUT2D eigenvalue weighted by Gasteiger charge is 2.29. The number of aromatic nitrogens is 3. The summed E-state index contributed by atoms with van der Waals surface area (Å²) >= 11 is 0. The Balaban J connectivity index is 1.38. The number of ether oxygens (including phenoxy) is 1. The lowest BCUT2D eigenvalue weighted by atomic mass is 9.95. The summed E-state index contributed by atoms with van der Waals surface area (Å²) in [5.41, 5.74) is 3.43. The second kappa shape index (κ2) is 7.56. The van der Waals surface area contributed by atoms with Crippen molar-refractivity contribution >= 4 is 11.0 Å². The van der Waals surface area contributed by atoms with Crippen LogP contribution in [0.2, 0.25) is 0 Å². The Hall–Kier alpha value is -2.24. The van der Waals surface area contributed by atoms with Crippen LogP contribution in [-0.2, 0) is 11.3 Å². The summed E-state index contributed by atoms with van der Waals surface area (Å²) in [5, 5.41) is 9.13. The predicted molar refractivity (Wildman–Crippen MR) is 103 cm³/mol. The van der Waals surface area contributed by atoms with E-state index in [1.54, 1.807) is 0 Å². The van der Waals surface area contributed by atoms with Crippen molar-refractivity contribution in [2.75, 3.05) is 13.2 Å². The van der Waals surface area contributed by atoms with E-state index in [2.05, 4.69) is 65.6 Å². The third-order valence-electron chi connectivity index (χ3n) is 5.06. The van der Waals surface area contributed by atoms with Gasteiger partial charge in [-0.05, 0) is 37.5 Å². The van der Waals surface area contributed by atoms with E-state index in [9.17, 15) is 0 Å². The van der Waals surface area contributed by atoms with E-state index in [0.29, 0.717) is 12.0 Å². The maximum Gasteiger partial charge on any atom is 0.157 e. The highest BCUT2D eigenvalue weighted by atomic mass is 16.5. The van der Waals surface area contributed by atoms with Gasteiger partial charge in [-0.3, -0.25) is 0 Å². The summed E-state index contributed by atoms with van der Waals surface area (Å²) in [6, 6.07) is 13.0. The van der Waals surface area contributed by atoms with Crippen LogP contribution in [0.4, 0.5) is 0 Å². The van der Waals surface area contributed by atoms with Gasteiger partial charge in [-0.15, -0.1) is 0 Å². The van der Waals surface area contributed by atoms with E-state index in [4.69, 9.17) is 4.74 Å². The highest BCUT2D eigenvalue weighted by Crippen LogP contribution is 2.33. The molecular formula is C21H26N4O. The number of pyridine rings is 1. The summed E-state index contributed by atoms with van der Waals surface area (Å²) in [4.78, 5) is 4.61. The lowest BCUT2D eigenvalue weighted by Crippen LogP contribution is -2.24. The number of nitrogens with one attached hydrogen (secondary N) is 1. The average molecular weight is 350 g/mol. The van der Waals surface area contributed by atoms with Crippen molar-refractivity contribution in [3.8, 4) is 0 Å². The van der Waals surface area contributed by atoms with Crippen molar-refractivity contribution in [2.45, 2.75) is 39.0 Å². The Morgan fingerprint density at radius 1 is 1.23 bits per heavy atom. The van der Waals surface area contributed by atoms with Crippen molar-refractivity contribution in [3.05, 3.63) is 59.9 Å². The van der Waals surface area contributed by atoms with Gasteiger partial charge >= 0.3 is 0 Å². The molecule has 1 fully saturated rings. The molecule has 4 rings (SSSR count). The molecule has 0 saturated carbocycles. The molecule has 5 heteroatoms. The zero-order valence-electron chi connectivity index (χ0n) is 15.4. The average Bonchev–Trinajstić information content (AvgIpc) is 3.29. The molecule has 5 nitrogen and oxygen atoms in total. The number of nitrogens with zero attached hydrogens (tertiary/aromatic N) is 3. The zero-order valence-corrected chi connectivity index (χ0v) is 15.4. The molecule has 1 N–H and O–H groups in total. The molecule has 2 atom stereocenters. The second-order valence-corrected chi connectivity index (χ2v) is 7.32. The van der Waals surface area contributed by atoms with Crippen molar-refractivity contribution in [2.24, 2.45) is 5.92 Å². The first kappa shape index (κ1) is 17.2. The first-order valence-corrected chi connectivity index (χ1v) is 9.42. The molecule has 2 aromatic heterocycles. The van der Waals surface area contributed by atoms with Gasteiger partial charge in [-0.1, -0.05) is 30.3 Å². The molecule has 1 saturated heterocycles. The molecule has 0 amide bonds. The van der Waals surface area contributed by atoms with Gasteiger partial charge in [-0.25, -0.2) is 9.67 Å². The lowest BCUT2D eigenvalue weighted by molar-refractivity contribution is 0.0904. The molecule has 1 aromatic carbocycles. The molecule has 1 aliphatic rings. The minimum absolute atomic E-state index is 0.202. The molecule has 0 bridgehead atoms. The van der Waals surface area contributed by atoms with E-state index in [0.717, 1.165) is 37.2 Å². The van der Waals surface area contributed by atoms with Gasteiger partial charge in [0.05, 0.1) is 12.3 Å². The second-order valence-electron chi connectivity index (χ2n) is 7.32. The highest BCUT2D eigenvalue weighted by molar-refractivity contribution is 5.75. The van der Waals surface area contributed by atoms with Gasteiger partial charge in [0.2, 0.25) is 0 Å². The van der Waals surface area contributed by atoms with Gasteiger partial charge < -0.3 is 10.1 Å². The standard InChI is InChI=1S/C21H26N4O/c1-15(2)25-21-19(14-24-25)10-16(12-23-21)11-22-13-18-8-9-26-20(18)17-6-4-3-5-7-17/h3-7,10,12,14-15,18,20,22H,8-9,11,13H2,1-2H3/t18-,20-/m1/s1. The van der Waals surface area contributed by atoms with Crippen LogP contribution in [0.1, 0.15) is 43.5 Å². The monoisotopic (exact) mass is 350 g/mol. The molecule has 0 radical (unpaired) electrons. The van der Waals surface area contributed by atoms with Crippen molar-refractivity contribution in [1.82, 2.24) is 20.1 Å². The molecule has 136 valence electrons. The van der Waals surface area contributed by atoms with Crippen LogP contribution in [0.3, 0.4) is 0 Å². The molecule has 1 aliphatic heterocycles. The van der Waals surface area contributed by atoms with Gasteiger partial charge in [0.15, 0.2) is 5.65 Å². The van der Waals surface area contributed by atoms with E-state index >= 15 is 0 Å². The van der Waals surface area contributed by atoms with Crippen molar-refractivity contribution < 1.29 is 4.74 Å². The fourth-order valence-corrected chi connectivity index (χ4v) is 3.72. The number of fused-ring (bicyclic) bond motifs is 1. The van der Waals surface area contributed by atoms with Crippen LogP contribution in [0.15, 0.2) is 48.8 Å². The van der Waals surface area contributed by atoms with Crippen LogP contribution < -0.4 is 5.32 Å². The minimum atomic E-state index is 0.202. The van der Waals surface area contributed by atoms with E-state index in [-0.39, 0.29) is 6.10 Å². The normalized spacial score (nSPS) is 20.3. The topological polar surface area (TPSA) is 52.0 Å². The number of rotatable bonds is 6. The molecule has 0 aliphatic carbocycles. The van der Waals surface area contributed by atoms with E-state index in [1.807, 2.05) is 17.1 Å². The molecule has 0 unspecified atom stereocenters. The van der Waals surface area contributed by atoms with Crippen LogP contribution in [0, 0.1) is 5.92 Å². The van der Waals surface area contributed by atoms with E-state index < -0.39 is 0 Å². The summed E-state index contributed by atoms with van der Waals surface area (Å²) in [6.45, 7) is 6.84. The number of hydrogen-bond donors (Lipinski definition) is 1. The Kier molecular flexibility index (Phi) is 5.00. The first-order chi connectivity index (χ1) is 12.7. The Bertz CT molecular complexity index is 859. The Labute approximate surface area is 154 Å².